The number of hydrogen-bond donors (Lipinski definition) is 0. The fraction of sp³-hybridized carbons (Fsp3) is 0.273. The van der Waals surface area contributed by atoms with Gasteiger partial charge in [0, 0.05) is 6.07 Å². The van der Waals surface area contributed by atoms with Crippen LogP contribution < -0.4 is 14.2 Å². The molecule has 0 fully saturated rings. The summed E-state index contributed by atoms with van der Waals surface area (Å²) in [6.07, 6.45) is 1.74. The molecule has 2 aromatic carbocycles. The summed E-state index contributed by atoms with van der Waals surface area (Å²) in [6.45, 7) is 4.10. The Hall–Kier alpha value is -3.28. The number of hydrogen-bond acceptors (Lipinski definition) is 5. The number of aromatic nitrogens is 2. The molecule has 3 rings (SSSR count). The van der Waals surface area contributed by atoms with Crippen LogP contribution in [0.4, 0.5) is 0 Å². The molecule has 0 aliphatic carbocycles. The van der Waals surface area contributed by atoms with Crippen LogP contribution in [0.2, 0.25) is 0 Å². The highest BCUT2D eigenvalue weighted by Crippen LogP contribution is 2.30. The maximum atomic E-state index is 13.0. The van der Waals surface area contributed by atoms with Gasteiger partial charge < -0.3 is 14.2 Å². The lowest BCUT2D eigenvalue weighted by Gasteiger charge is -2.13. The van der Waals surface area contributed by atoms with E-state index in [1.54, 1.807) is 28.9 Å². The molecule has 0 unspecified atom stereocenters. The van der Waals surface area contributed by atoms with E-state index in [4.69, 9.17) is 14.2 Å². The van der Waals surface area contributed by atoms with Crippen molar-refractivity contribution in [3.8, 4) is 23.1 Å². The first-order chi connectivity index (χ1) is 13.6. The smallest absolute Gasteiger partial charge is 0.352 e. The number of nitrogens with zero attached hydrogens (tertiary/aromatic N) is 2. The zero-order valence-electron chi connectivity index (χ0n) is 16.6. The van der Waals surface area contributed by atoms with Crippen molar-refractivity contribution in [3.05, 3.63) is 65.4 Å². The number of methoxy groups -OCH3 is 2. The normalized spacial score (nSPS) is 10.6. The third kappa shape index (κ3) is 4.01. The third-order valence-corrected chi connectivity index (χ3v) is 4.34. The number of aryl methyl sites for hydroxylation is 2. The van der Waals surface area contributed by atoms with Crippen LogP contribution in [-0.2, 0) is 6.42 Å². The third-order valence-electron chi connectivity index (χ3n) is 4.34. The van der Waals surface area contributed by atoms with Crippen molar-refractivity contribution in [1.82, 2.24) is 9.78 Å². The molecular weight excluding hydrogens is 356 g/mol. The Morgan fingerprint density at radius 3 is 2.25 bits per heavy atom. The minimum absolute atomic E-state index is 0.237. The van der Waals surface area contributed by atoms with Gasteiger partial charge in [0.25, 0.3) is 0 Å². The molecule has 1 heterocycles. The van der Waals surface area contributed by atoms with E-state index in [9.17, 15) is 4.79 Å². The molecule has 0 radical (unpaired) electrons. The minimum Gasteiger partial charge on any atom is -0.496 e. The molecule has 3 aromatic rings. The Morgan fingerprint density at radius 2 is 1.68 bits per heavy atom. The fourth-order valence-electron chi connectivity index (χ4n) is 2.93. The molecule has 0 atom stereocenters. The van der Waals surface area contributed by atoms with E-state index in [0.29, 0.717) is 17.4 Å². The minimum atomic E-state index is -0.564. The topological polar surface area (TPSA) is 62.6 Å². The van der Waals surface area contributed by atoms with Gasteiger partial charge in [-0.25, -0.2) is 9.48 Å². The number of benzene rings is 2. The molecule has 0 aliphatic rings. The Morgan fingerprint density at radius 1 is 1.04 bits per heavy atom. The number of ether oxygens (including phenoxy) is 3. The fourth-order valence-corrected chi connectivity index (χ4v) is 2.93. The maximum Gasteiger partial charge on any atom is 0.352 e. The molecule has 28 heavy (non-hydrogen) atoms. The van der Waals surface area contributed by atoms with E-state index in [0.717, 1.165) is 29.8 Å². The van der Waals surface area contributed by atoms with E-state index in [1.165, 1.54) is 14.2 Å². The van der Waals surface area contributed by atoms with Gasteiger partial charge in [0.1, 0.15) is 17.1 Å². The number of carbonyl (C=O) groups excluding carboxylic acids is 1. The van der Waals surface area contributed by atoms with Crippen molar-refractivity contribution in [2.24, 2.45) is 0 Å². The molecule has 0 saturated heterocycles. The number of esters is 1. The lowest BCUT2D eigenvalue weighted by molar-refractivity contribution is 0.0716. The molecule has 146 valence electrons. The number of rotatable bonds is 7. The van der Waals surface area contributed by atoms with Crippen LogP contribution in [-0.4, -0.2) is 30.0 Å². The molecule has 0 amide bonds. The van der Waals surface area contributed by atoms with Crippen LogP contribution in [0.1, 0.15) is 35.0 Å². The molecule has 0 N–H and O–H groups in total. The first-order valence-corrected chi connectivity index (χ1v) is 9.16. The van der Waals surface area contributed by atoms with Gasteiger partial charge in [0.15, 0.2) is 0 Å². The first-order valence-electron chi connectivity index (χ1n) is 9.16. The van der Waals surface area contributed by atoms with Crippen molar-refractivity contribution in [1.29, 1.82) is 0 Å². The van der Waals surface area contributed by atoms with Gasteiger partial charge in [-0.3, -0.25) is 0 Å². The Labute approximate surface area is 164 Å². The summed E-state index contributed by atoms with van der Waals surface area (Å²) < 4.78 is 18.0. The van der Waals surface area contributed by atoms with Gasteiger partial charge in [-0.2, -0.15) is 5.10 Å². The second-order valence-electron chi connectivity index (χ2n) is 6.40. The average Bonchev–Trinajstić information content (AvgIpc) is 3.10. The van der Waals surface area contributed by atoms with Crippen molar-refractivity contribution in [2.75, 3.05) is 14.2 Å². The van der Waals surface area contributed by atoms with E-state index in [2.05, 4.69) is 12.0 Å². The van der Waals surface area contributed by atoms with Crippen molar-refractivity contribution in [3.63, 3.8) is 0 Å². The largest absolute Gasteiger partial charge is 0.496 e. The highest BCUT2D eigenvalue weighted by molar-refractivity contribution is 5.97. The SMILES string of the molecule is CCCc1cc(OC(=O)c2c(OC)cccc2OC)n(-c2ccc(C)cc2)n1. The zero-order chi connectivity index (χ0) is 20.1. The zero-order valence-corrected chi connectivity index (χ0v) is 16.6. The van der Waals surface area contributed by atoms with Crippen molar-refractivity contribution >= 4 is 5.97 Å². The average molecular weight is 380 g/mol. The van der Waals surface area contributed by atoms with Crippen molar-refractivity contribution < 1.29 is 19.0 Å². The van der Waals surface area contributed by atoms with Crippen molar-refractivity contribution in [2.45, 2.75) is 26.7 Å². The summed E-state index contributed by atoms with van der Waals surface area (Å²) in [5, 5.41) is 4.61. The van der Waals surface area contributed by atoms with Gasteiger partial charge in [0.2, 0.25) is 5.88 Å². The second-order valence-corrected chi connectivity index (χ2v) is 6.40. The molecule has 0 saturated carbocycles. The van der Waals surface area contributed by atoms with Gasteiger partial charge in [0.05, 0.1) is 25.6 Å². The molecule has 6 heteroatoms. The summed E-state index contributed by atoms with van der Waals surface area (Å²) in [7, 11) is 3.00. The van der Waals surface area contributed by atoms with E-state index in [1.807, 2.05) is 31.2 Å². The van der Waals surface area contributed by atoms with E-state index >= 15 is 0 Å². The Balaban J connectivity index is 2.00. The summed E-state index contributed by atoms with van der Waals surface area (Å²) in [5.41, 5.74) is 3.06. The number of carbonyl (C=O) groups is 1. The summed E-state index contributed by atoms with van der Waals surface area (Å²) in [6, 6.07) is 14.8. The van der Waals surface area contributed by atoms with Gasteiger partial charge in [-0.15, -0.1) is 0 Å². The van der Waals surface area contributed by atoms with E-state index < -0.39 is 5.97 Å². The van der Waals surface area contributed by atoms with Crippen LogP contribution in [0.25, 0.3) is 5.69 Å². The first kappa shape index (κ1) is 19.5. The maximum absolute atomic E-state index is 13.0. The van der Waals surface area contributed by atoms with E-state index in [-0.39, 0.29) is 5.56 Å². The summed E-state index contributed by atoms with van der Waals surface area (Å²) in [5.74, 6) is 0.565. The van der Waals surface area contributed by atoms with Gasteiger partial charge in [-0.05, 0) is 37.6 Å². The molecule has 1 aromatic heterocycles. The van der Waals surface area contributed by atoms with Gasteiger partial charge in [-0.1, -0.05) is 37.1 Å². The Bertz CT molecular complexity index is 939. The van der Waals surface area contributed by atoms with Crippen LogP contribution in [0.5, 0.6) is 17.4 Å². The highest BCUT2D eigenvalue weighted by atomic mass is 16.5. The highest BCUT2D eigenvalue weighted by Gasteiger charge is 2.23. The molecular formula is C22H24N2O4. The monoisotopic (exact) mass is 380 g/mol. The van der Waals surface area contributed by atoms with Crippen LogP contribution >= 0.6 is 0 Å². The molecule has 6 nitrogen and oxygen atoms in total. The molecule has 0 bridgehead atoms. The quantitative estimate of drug-likeness (QED) is 0.570. The summed E-state index contributed by atoms with van der Waals surface area (Å²) >= 11 is 0. The molecule has 0 spiro atoms. The Kier molecular flexibility index (Phi) is 5.99. The molecule has 0 aliphatic heterocycles. The van der Waals surface area contributed by atoms with Crippen LogP contribution in [0.3, 0.4) is 0 Å². The summed E-state index contributed by atoms with van der Waals surface area (Å²) in [4.78, 5) is 13.0. The lowest BCUT2D eigenvalue weighted by atomic mass is 10.2. The predicted octanol–water partition coefficient (Wildman–Crippen LogP) is 4.37. The predicted molar refractivity (Wildman–Crippen MR) is 107 cm³/mol. The van der Waals surface area contributed by atoms with Crippen LogP contribution in [0.15, 0.2) is 48.5 Å². The lowest BCUT2D eigenvalue weighted by Crippen LogP contribution is -2.14. The van der Waals surface area contributed by atoms with Gasteiger partial charge >= 0.3 is 5.97 Å². The second kappa shape index (κ2) is 8.61. The van der Waals surface area contributed by atoms with Crippen LogP contribution in [0, 0.1) is 6.92 Å². The standard InChI is InChI=1S/C22H24N2O4/c1-5-7-16-14-20(24(23-16)17-12-10-15(2)11-13-17)28-22(25)21-18(26-3)8-6-9-19(21)27-4/h6,8-14H,5,7H2,1-4H3.